The molecule has 1 aliphatic heterocycles. The average Bonchev–Trinajstić information content (AvgIpc) is 3.19. The monoisotopic (exact) mass is 483 g/mol. The molecule has 1 saturated heterocycles. The molecule has 5 saturated carbocycles. The number of likely N-dealkylation sites (tertiary alicyclic amines) is 1. The lowest BCUT2D eigenvalue weighted by Gasteiger charge is -2.72. The van der Waals surface area contributed by atoms with Gasteiger partial charge in [0.2, 0.25) is 0 Å². The van der Waals surface area contributed by atoms with Crippen LogP contribution in [0.5, 0.6) is 0 Å². The van der Waals surface area contributed by atoms with Crippen LogP contribution < -0.4 is 0 Å². The van der Waals surface area contributed by atoms with Crippen LogP contribution in [0.1, 0.15) is 32.6 Å². The van der Waals surface area contributed by atoms with E-state index in [1.807, 2.05) is 6.92 Å². The van der Waals surface area contributed by atoms with Gasteiger partial charge in [-0.25, -0.2) is 0 Å². The normalized spacial score (nSPS) is 61.7. The third-order valence-corrected chi connectivity index (χ3v) is 11.6. The second-order valence-electron chi connectivity index (χ2n) is 12.1. The first-order valence-electron chi connectivity index (χ1n) is 12.8. The van der Waals surface area contributed by atoms with Crippen molar-refractivity contribution in [1.82, 2.24) is 4.90 Å². The van der Waals surface area contributed by atoms with E-state index in [-0.39, 0.29) is 18.3 Å². The van der Waals surface area contributed by atoms with Gasteiger partial charge in [-0.05, 0) is 25.8 Å². The van der Waals surface area contributed by atoms with Gasteiger partial charge in [0.25, 0.3) is 0 Å². The summed E-state index contributed by atoms with van der Waals surface area (Å²) in [5, 5.41) is 50.5. The van der Waals surface area contributed by atoms with Crippen LogP contribution in [0.3, 0.4) is 0 Å². The van der Waals surface area contributed by atoms with Gasteiger partial charge >= 0.3 is 0 Å². The van der Waals surface area contributed by atoms with Crippen LogP contribution in [0.2, 0.25) is 0 Å². The molecule has 13 atom stereocenters. The van der Waals surface area contributed by atoms with Crippen LogP contribution in [0.4, 0.5) is 0 Å². The van der Waals surface area contributed by atoms with E-state index in [1.54, 1.807) is 28.4 Å². The predicted molar refractivity (Wildman–Crippen MR) is 120 cm³/mol. The van der Waals surface area contributed by atoms with E-state index in [0.717, 1.165) is 0 Å². The van der Waals surface area contributed by atoms with E-state index in [1.165, 1.54) is 0 Å². The summed E-state index contributed by atoms with van der Waals surface area (Å²) >= 11 is 0. The molecule has 0 aromatic rings. The van der Waals surface area contributed by atoms with Crippen molar-refractivity contribution in [1.29, 1.82) is 0 Å². The highest BCUT2D eigenvalue weighted by atomic mass is 16.5. The Labute approximate surface area is 201 Å². The SMILES string of the molecule is CCN1CC2(COC)CCC(O)C34C2C(OC)C(O)(C13)C1(O)CC(OC)C2CC4(O)C1C2OC. The second kappa shape index (κ2) is 7.14. The van der Waals surface area contributed by atoms with E-state index in [9.17, 15) is 20.4 Å². The summed E-state index contributed by atoms with van der Waals surface area (Å²) in [6.45, 7) is 3.73. The third kappa shape index (κ3) is 2.11. The second-order valence-corrected chi connectivity index (χ2v) is 12.1. The molecule has 13 unspecified atom stereocenters. The van der Waals surface area contributed by atoms with E-state index in [4.69, 9.17) is 18.9 Å². The Bertz CT molecular complexity index is 861. The molecular formula is C25H41NO8. The molecule has 34 heavy (non-hydrogen) atoms. The Morgan fingerprint density at radius 2 is 1.68 bits per heavy atom. The molecule has 1 spiro atoms. The molecule has 194 valence electrons. The summed E-state index contributed by atoms with van der Waals surface area (Å²) in [6, 6.07) is -0.668. The van der Waals surface area contributed by atoms with Gasteiger partial charge in [-0.1, -0.05) is 6.92 Å². The maximum Gasteiger partial charge on any atom is 0.136 e. The van der Waals surface area contributed by atoms with Gasteiger partial charge in [-0.15, -0.1) is 0 Å². The summed E-state index contributed by atoms with van der Waals surface area (Å²) in [5.74, 6) is -1.30. The summed E-state index contributed by atoms with van der Waals surface area (Å²) in [5.41, 5.74) is -6.46. The van der Waals surface area contributed by atoms with Gasteiger partial charge < -0.3 is 39.4 Å². The minimum absolute atomic E-state index is 0.148. The van der Waals surface area contributed by atoms with Gasteiger partial charge in [-0.3, -0.25) is 4.90 Å². The van der Waals surface area contributed by atoms with Crippen molar-refractivity contribution in [3.05, 3.63) is 0 Å². The number of methoxy groups -OCH3 is 4. The van der Waals surface area contributed by atoms with Crippen LogP contribution in [0, 0.1) is 28.6 Å². The highest BCUT2D eigenvalue weighted by molar-refractivity contribution is 5.45. The van der Waals surface area contributed by atoms with Gasteiger partial charge in [0.1, 0.15) is 11.2 Å². The number of rotatable bonds is 6. The quantitative estimate of drug-likeness (QED) is 0.392. The highest BCUT2D eigenvalue weighted by Crippen LogP contribution is 2.81. The molecule has 4 N–H and O–H groups in total. The molecule has 0 radical (unpaired) electrons. The molecule has 7 bridgehead atoms. The van der Waals surface area contributed by atoms with Crippen LogP contribution in [0.15, 0.2) is 0 Å². The summed E-state index contributed by atoms with van der Waals surface area (Å²) in [6.07, 6.45) is -0.817. The number of nitrogens with zero attached hydrogens (tertiary/aromatic N) is 1. The highest BCUT2D eigenvalue weighted by Gasteiger charge is 2.95. The first-order valence-corrected chi connectivity index (χ1v) is 12.8. The zero-order chi connectivity index (χ0) is 24.5. The van der Waals surface area contributed by atoms with Crippen molar-refractivity contribution in [3.63, 3.8) is 0 Å². The van der Waals surface area contributed by atoms with Crippen molar-refractivity contribution in [2.45, 2.75) is 79.9 Å². The standard InChI is InChI=1S/C25H41NO8/c1-6-26-11-21(12-31-2)8-7-15(27)24-18(21)19(34-5)25(30,20(24)26)23(29)10-14(32-3)13-9-22(24,28)17(23)16(13)33-4/h13-20,27-30H,6-12H2,1-5H3. The van der Waals surface area contributed by atoms with Gasteiger partial charge in [0.15, 0.2) is 0 Å². The molecule has 0 amide bonds. The molecule has 0 aromatic heterocycles. The number of piperidine rings is 1. The van der Waals surface area contributed by atoms with E-state index < -0.39 is 64.0 Å². The summed E-state index contributed by atoms with van der Waals surface area (Å²) in [7, 11) is 6.46. The lowest BCUT2D eigenvalue weighted by atomic mass is 9.41. The van der Waals surface area contributed by atoms with E-state index in [0.29, 0.717) is 39.0 Å². The van der Waals surface area contributed by atoms with E-state index >= 15 is 0 Å². The number of hydrogen-bond donors (Lipinski definition) is 4. The van der Waals surface area contributed by atoms with Crippen LogP contribution in [-0.2, 0) is 18.9 Å². The van der Waals surface area contributed by atoms with Gasteiger partial charge in [0.05, 0.1) is 48.1 Å². The van der Waals surface area contributed by atoms with Crippen LogP contribution >= 0.6 is 0 Å². The topological polar surface area (TPSA) is 121 Å². The van der Waals surface area contributed by atoms with Crippen molar-refractivity contribution in [3.8, 4) is 0 Å². The zero-order valence-electron chi connectivity index (χ0n) is 20.9. The Morgan fingerprint density at radius 3 is 2.26 bits per heavy atom. The van der Waals surface area contributed by atoms with Gasteiger partial charge in [0, 0.05) is 64.6 Å². The minimum atomic E-state index is -1.73. The number of fused-ring (bicyclic) bond motifs is 2. The number of hydrogen-bond acceptors (Lipinski definition) is 9. The van der Waals surface area contributed by atoms with Crippen molar-refractivity contribution < 1.29 is 39.4 Å². The molecule has 6 rings (SSSR count). The molecular weight excluding hydrogens is 442 g/mol. The summed E-state index contributed by atoms with van der Waals surface area (Å²) in [4.78, 5) is 2.18. The smallest absolute Gasteiger partial charge is 0.136 e. The van der Waals surface area contributed by atoms with Gasteiger partial charge in [-0.2, -0.15) is 0 Å². The fraction of sp³-hybridized carbons (Fsp3) is 1.00. The molecule has 6 fully saturated rings. The first-order chi connectivity index (χ1) is 16.1. The fourth-order valence-corrected chi connectivity index (χ4v) is 11.0. The maximum absolute atomic E-state index is 13.0. The Kier molecular flexibility index (Phi) is 5.04. The Hall–Kier alpha value is -0.360. The number of ether oxygens (including phenoxy) is 4. The lowest BCUT2D eigenvalue weighted by Crippen LogP contribution is -2.86. The van der Waals surface area contributed by atoms with Crippen molar-refractivity contribution in [2.75, 3.05) is 48.1 Å². The van der Waals surface area contributed by atoms with Crippen LogP contribution in [-0.4, -0.2) is 121 Å². The molecule has 0 aromatic carbocycles. The Balaban J connectivity index is 1.71. The number of aliphatic hydroxyl groups is 4. The molecule has 9 heteroatoms. The van der Waals surface area contributed by atoms with E-state index in [2.05, 4.69) is 4.90 Å². The molecule has 6 aliphatic rings. The third-order valence-electron chi connectivity index (χ3n) is 11.6. The number of likely N-dealkylation sites (N-methyl/N-ethyl adjacent to an activating group) is 1. The minimum Gasteiger partial charge on any atom is -0.392 e. The molecule has 1 heterocycles. The largest absolute Gasteiger partial charge is 0.392 e. The molecule has 5 aliphatic carbocycles. The average molecular weight is 484 g/mol. The predicted octanol–water partition coefficient (Wildman–Crippen LogP) is -0.614. The summed E-state index contributed by atoms with van der Waals surface area (Å²) < 4.78 is 23.7. The maximum atomic E-state index is 13.0. The Morgan fingerprint density at radius 1 is 0.941 bits per heavy atom. The van der Waals surface area contributed by atoms with Crippen molar-refractivity contribution >= 4 is 0 Å². The fourth-order valence-electron chi connectivity index (χ4n) is 11.0. The number of aliphatic hydroxyl groups excluding tert-OH is 1. The van der Waals surface area contributed by atoms with Crippen molar-refractivity contribution in [2.24, 2.45) is 28.6 Å². The molecule has 9 nitrogen and oxygen atoms in total. The first kappa shape index (κ1) is 24.0. The zero-order valence-corrected chi connectivity index (χ0v) is 20.9. The van der Waals surface area contributed by atoms with Crippen LogP contribution in [0.25, 0.3) is 0 Å². The lowest BCUT2D eigenvalue weighted by molar-refractivity contribution is -0.356.